The molecule has 0 heterocycles. The minimum atomic E-state index is -3.41. The van der Waals surface area contributed by atoms with E-state index in [0.717, 1.165) is 29.7 Å². The highest BCUT2D eigenvalue weighted by Gasteiger charge is 2.28. The van der Waals surface area contributed by atoms with Crippen molar-refractivity contribution in [1.29, 1.82) is 0 Å². The average Bonchev–Trinajstić information content (AvgIpc) is 2.72. The van der Waals surface area contributed by atoms with Crippen molar-refractivity contribution < 1.29 is 8.42 Å². The molecule has 0 amide bonds. The molecule has 106 valence electrons. The lowest BCUT2D eigenvalue weighted by molar-refractivity contribution is 0.425. The van der Waals surface area contributed by atoms with Gasteiger partial charge < -0.3 is 5.73 Å². The van der Waals surface area contributed by atoms with E-state index in [1.54, 1.807) is 0 Å². The molecule has 0 saturated heterocycles. The van der Waals surface area contributed by atoms with Crippen molar-refractivity contribution in [3.8, 4) is 0 Å². The van der Waals surface area contributed by atoms with Crippen LogP contribution in [0.5, 0.6) is 0 Å². The molecule has 1 aliphatic carbocycles. The zero-order chi connectivity index (χ0) is 14.0. The third-order valence-electron chi connectivity index (χ3n) is 3.58. The standard InChI is InChI=1S/C13H21N3O2S/c1-3-16(4-2)19(17,18)15-13-8-5-10-9-11(14)6-7-12(10)13/h6-7,9,13,15H,3-5,8,14H2,1-2H3. The Bertz CT molecular complexity index is 553. The average molecular weight is 283 g/mol. The van der Waals surface area contributed by atoms with Crippen molar-refractivity contribution in [3.05, 3.63) is 29.3 Å². The molecular formula is C13H21N3O2S. The van der Waals surface area contributed by atoms with Crippen LogP contribution in [0.25, 0.3) is 0 Å². The Morgan fingerprint density at radius 2 is 2.05 bits per heavy atom. The number of aryl methyl sites for hydroxylation is 1. The first-order chi connectivity index (χ1) is 8.97. The van der Waals surface area contributed by atoms with Gasteiger partial charge in [-0.3, -0.25) is 0 Å². The smallest absolute Gasteiger partial charge is 0.279 e. The number of benzene rings is 1. The monoisotopic (exact) mass is 283 g/mol. The predicted molar refractivity (Wildman–Crippen MR) is 76.9 cm³/mol. The van der Waals surface area contributed by atoms with Crippen LogP contribution in [-0.2, 0) is 16.6 Å². The van der Waals surface area contributed by atoms with Gasteiger partial charge in [-0.1, -0.05) is 19.9 Å². The van der Waals surface area contributed by atoms with Gasteiger partial charge in [-0.15, -0.1) is 0 Å². The Labute approximate surface area is 115 Å². The number of nitrogens with one attached hydrogen (secondary N) is 1. The summed E-state index contributed by atoms with van der Waals surface area (Å²) in [4.78, 5) is 0. The van der Waals surface area contributed by atoms with Gasteiger partial charge in [-0.25, -0.2) is 0 Å². The molecule has 1 unspecified atom stereocenters. The van der Waals surface area contributed by atoms with Crippen LogP contribution >= 0.6 is 0 Å². The molecule has 0 fully saturated rings. The van der Waals surface area contributed by atoms with Gasteiger partial charge in [0.2, 0.25) is 0 Å². The van der Waals surface area contributed by atoms with E-state index >= 15 is 0 Å². The first-order valence-corrected chi connectivity index (χ1v) is 8.07. The third-order valence-corrected chi connectivity index (χ3v) is 5.36. The molecule has 1 atom stereocenters. The zero-order valence-corrected chi connectivity index (χ0v) is 12.2. The van der Waals surface area contributed by atoms with Crippen LogP contribution in [-0.4, -0.2) is 25.8 Å². The maximum atomic E-state index is 12.2. The highest BCUT2D eigenvalue weighted by molar-refractivity contribution is 7.87. The van der Waals surface area contributed by atoms with Crippen molar-refractivity contribution >= 4 is 15.9 Å². The Morgan fingerprint density at radius 3 is 2.68 bits per heavy atom. The molecule has 0 radical (unpaired) electrons. The maximum Gasteiger partial charge on any atom is 0.279 e. The fourth-order valence-electron chi connectivity index (χ4n) is 2.58. The summed E-state index contributed by atoms with van der Waals surface area (Å²) in [6.07, 6.45) is 1.66. The molecule has 0 saturated carbocycles. The van der Waals surface area contributed by atoms with Crippen molar-refractivity contribution in [2.45, 2.75) is 32.7 Å². The number of anilines is 1. The van der Waals surface area contributed by atoms with E-state index < -0.39 is 10.2 Å². The van der Waals surface area contributed by atoms with E-state index in [1.807, 2.05) is 32.0 Å². The molecule has 2 rings (SSSR count). The van der Waals surface area contributed by atoms with Crippen molar-refractivity contribution in [2.75, 3.05) is 18.8 Å². The Hall–Kier alpha value is -1.11. The maximum absolute atomic E-state index is 12.2. The van der Waals surface area contributed by atoms with Gasteiger partial charge in [0.1, 0.15) is 0 Å². The Morgan fingerprint density at radius 1 is 1.37 bits per heavy atom. The summed E-state index contributed by atoms with van der Waals surface area (Å²) in [5.41, 5.74) is 8.67. The van der Waals surface area contributed by atoms with Crippen LogP contribution in [0.3, 0.4) is 0 Å². The molecule has 1 aromatic rings. The number of nitrogens with zero attached hydrogens (tertiary/aromatic N) is 1. The SMILES string of the molecule is CCN(CC)S(=O)(=O)NC1CCc2cc(N)ccc21. The van der Waals surface area contributed by atoms with Gasteiger partial charge >= 0.3 is 0 Å². The van der Waals surface area contributed by atoms with Crippen LogP contribution in [0.1, 0.15) is 37.4 Å². The first kappa shape index (κ1) is 14.3. The Balaban J connectivity index is 2.19. The minimum Gasteiger partial charge on any atom is -0.399 e. The lowest BCUT2D eigenvalue weighted by Crippen LogP contribution is -2.41. The van der Waals surface area contributed by atoms with Gasteiger partial charge in [0.25, 0.3) is 10.2 Å². The lowest BCUT2D eigenvalue weighted by atomic mass is 10.1. The van der Waals surface area contributed by atoms with Gasteiger partial charge in [-0.2, -0.15) is 17.4 Å². The molecule has 6 heteroatoms. The third kappa shape index (κ3) is 2.91. The second-order valence-corrected chi connectivity index (χ2v) is 6.46. The molecule has 3 N–H and O–H groups in total. The highest BCUT2D eigenvalue weighted by atomic mass is 32.2. The first-order valence-electron chi connectivity index (χ1n) is 6.63. The van der Waals surface area contributed by atoms with Crippen molar-refractivity contribution in [2.24, 2.45) is 0 Å². The fourth-order valence-corrected chi connectivity index (χ4v) is 4.01. The van der Waals surface area contributed by atoms with Gasteiger partial charge in [0, 0.05) is 24.8 Å². The number of hydrogen-bond donors (Lipinski definition) is 2. The summed E-state index contributed by atoms with van der Waals surface area (Å²) in [7, 11) is -3.41. The van der Waals surface area contributed by atoms with Crippen molar-refractivity contribution in [1.82, 2.24) is 9.03 Å². The summed E-state index contributed by atoms with van der Waals surface area (Å²) in [6.45, 7) is 4.64. The van der Waals surface area contributed by atoms with Crippen LogP contribution in [0.15, 0.2) is 18.2 Å². The van der Waals surface area contributed by atoms with E-state index in [4.69, 9.17) is 5.73 Å². The number of rotatable bonds is 5. The van der Waals surface area contributed by atoms with E-state index in [-0.39, 0.29) is 6.04 Å². The summed E-state index contributed by atoms with van der Waals surface area (Å²) in [5.74, 6) is 0. The fraction of sp³-hybridized carbons (Fsp3) is 0.538. The van der Waals surface area contributed by atoms with Crippen LogP contribution in [0, 0.1) is 0 Å². The molecule has 5 nitrogen and oxygen atoms in total. The molecule has 1 aliphatic rings. The molecular weight excluding hydrogens is 262 g/mol. The number of hydrogen-bond acceptors (Lipinski definition) is 3. The van der Waals surface area contributed by atoms with Gasteiger partial charge in [0.05, 0.1) is 0 Å². The van der Waals surface area contributed by atoms with Crippen LogP contribution < -0.4 is 10.5 Å². The van der Waals surface area contributed by atoms with E-state index in [0.29, 0.717) is 13.1 Å². The number of fused-ring (bicyclic) bond motifs is 1. The molecule has 0 aromatic heterocycles. The second-order valence-electron chi connectivity index (χ2n) is 4.76. The van der Waals surface area contributed by atoms with Gasteiger partial charge in [-0.05, 0) is 36.1 Å². The highest BCUT2D eigenvalue weighted by Crippen LogP contribution is 2.32. The Kier molecular flexibility index (Phi) is 4.13. The molecule has 0 aliphatic heterocycles. The molecule has 19 heavy (non-hydrogen) atoms. The second kappa shape index (κ2) is 5.48. The summed E-state index contributed by atoms with van der Waals surface area (Å²) in [5, 5.41) is 0. The quantitative estimate of drug-likeness (QED) is 0.803. The van der Waals surface area contributed by atoms with E-state index in [1.165, 1.54) is 4.31 Å². The topological polar surface area (TPSA) is 75.4 Å². The molecule has 1 aromatic carbocycles. The summed E-state index contributed by atoms with van der Waals surface area (Å²) < 4.78 is 28.7. The number of nitrogen functional groups attached to an aromatic ring is 1. The zero-order valence-electron chi connectivity index (χ0n) is 11.4. The van der Waals surface area contributed by atoms with E-state index in [2.05, 4.69) is 4.72 Å². The van der Waals surface area contributed by atoms with Gasteiger partial charge in [0.15, 0.2) is 0 Å². The van der Waals surface area contributed by atoms with Crippen molar-refractivity contribution in [3.63, 3.8) is 0 Å². The lowest BCUT2D eigenvalue weighted by Gasteiger charge is -2.22. The molecule has 0 bridgehead atoms. The molecule has 0 spiro atoms. The van der Waals surface area contributed by atoms with Crippen LogP contribution in [0.4, 0.5) is 5.69 Å². The largest absolute Gasteiger partial charge is 0.399 e. The summed E-state index contributed by atoms with van der Waals surface area (Å²) in [6, 6.07) is 5.54. The minimum absolute atomic E-state index is 0.138. The summed E-state index contributed by atoms with van der Waals surface area (Å²) >= 11 is 0. The predicted octanol–water partition coefficient (Wildman–Crippen LogP) is 1.43. The van der Waals surface area contributed by atoms with Crippen LogP contribution in [0.2, 0.25) is 0 Å². The normalized spacial score (nSPS) is 18.8. The number of nitrogens with two attached hydrogens (primary N) is 1. The van der Waals surface area contributed by atoms with E-state index in [9.17, 15) is 8.42 Å².